The van der Waals surface area contributed by atoms with Gasteiger partial charge in [0.2, 0.25) is 0 Å². The molecule has 3 heteroatoms. The third-order valence-corrected chi connectivity index (χ3v) is 6.38. The Balaban J connectivity index is 2.29. The second-order valence-electron chi connectivity index (χ2n) is 9.63. The topological polar surface area (TPSA) is 30.7 Å². The highest BCUT2D eigenvalue weighted by atomic mass is 15.3. The lowest BCUT2D eigenvalue weighted by Crippen LogP contribution is -2.23. The number of hydrogen-bond donors (Lipinski definition) is 0. The maximum atomic E-state index is 4.80. The van der Waals surface area contributed by atoms with Gasteiger partial charge in [0.1, 0.15) is 5.82 Å². The molecule has 0 unspecified atom stereocenters. The zero-order valence-corrected chi connectivity index (χ0v) is 20.5. The SMILES string of the molecule is CCCCC(C)(C)c1nnc(-c2cccc(CC)c2)n1-c1ccc(CC)cc1C(C)C. The molecule has 1 heterocycles. The Morgan fingerprint density at radius 2 is 1.61 bits per heavy atom. The molecule has 2 aromatic carbocycles. The maximum absolute atomic E-state index is 4.80. The molecule has 0 atom stereocenters. The summed E-state index contributed by atoms with van der Waals surface area (Å²) in [5.74, 6) is 2.43. The van der Waals surface area contributed by atoms with Gasteiger partial charge in [0, 0.05) is 11.0 Å². The van der Waals surface area contributed by atoms with Crippen molar-refractivity contribution in [2.75, 3.05) is 0 Å². The highest BCUT2D eigenvalue weighted by Gasteiger charge is 2.30. The Hall–Kier alpha value is -2.42. The summed E-state index contributed by atoms with van der Waals surface area (Å²) in [5.41, 5.74) is 6.36. The van der Waals surface area contributed by atoms with Crippen molar-refractivity contribution in [3.05, 3.63) is 65.0 Å². The predicted molar refractivity (Wildman–Crippen MR) is 132 cm³/mol. The number of benzene rings is 2. The normalized spacial score (nSPS) is 12.0. The molecule has 166 valence electrons. The highest BCUT2D eigenvalue weighted by Crippen LogP contribution is 2.36. The number of aryl methyl sites for hydroxylation is 2. The first-order valence-corrected chi connectivity index (χ1v) is 12.0. The van der Waals surface area contributed by atoms with Gasteiger partial charge in [-0.3, -0.25) is 4.57 Å². The third kappa shape index (κ3) is 4.92. The fraction of sp³-hybridized carbons (Fsp3) is 0.500. The van der Waals surface area contributed by atoms with Crippen LogP contribution < -0.4 is 0 Å². The molecule has 0 saturated heterocycles. The monoisotopic (exact) mass is 417 g/mol. The standard InChI is InChI=1S/C28H39N3/c1-8-11-17-28(6,7)27-30-29-26(23-14-12-13-21(9-2)18-23)31(27)25-16-15-22(10-3)19-24(25)20(4)5/h12-16,18-20H,8-11,17H2,1-7H3. The highest BCUT2D eigenvalue weighted by molar-refractivity contribution is 5.62. The predicted octanol–water partition coefficient (Wildman–Crippen LogP) is 7.65. The lowest BCUT2D eigenvalue weighted by Gasteiger charge is -2.26. The van der Waals surface area contributed by atoms with E-state index in [0.29, 0.717) is 5.92 Å². The summed E-state index contributed by atoms with van der Waals surface area (Å²) in [7, 11) is 0. The molecule has 0 aliphatic heterocycles. The van der Waals surface area contributed by atoms with E-state index >= 15 is 0 Å². The summed E-state index contributed by atoms with van der Waals surface area (Å²) in [6, 6.07) is 15.7. The molecular formula is C28H39N3. The number of rotatable bonds is 9. The zero-order chi connectivity index (χ0) is 22.6. The molecule has 0 bridgehead atoms. The van der Waals surface area contributed by atoms with Gasteiger partial charge in [0.25, 0.3) is 0 Å². The molecule has 0 saturated carbocycles. The van der Waals surface area contributed by atoms with Gasteiger partial charge < -0.3 is 0 Å². The summed E-state index contributed by atoms with van der Waals surface area (Å²) in [4.78, 5) is 0. The molecule has 0 aliphatic rings. The van der Waals surface area contributed by atoms with Crippen LogP contribution in [0, 0.1) is 0 Å². The third-order valence-electron chi connectivity index (χ3n) is 6.38. The molecule has 3 aromatic rings. The van der Waals surface area contributed by atoms with E-state index in [9.17, 15) is 0 Å². The molecule has 0 fully saturated rings. The van der Waals surface area contributed by atoms with E-state index in [1.165, 1.54) is 35.2 Å². The first-order valence-electron chi connectivity index (χ1n) is 12.0. The fourth-order valence-corrected chi connectivity index (χ4v) is 4.29. The Morgan fingerprint density at radius 3 is 2.26 bits per heavy atom. The van der Waals surface area contributed by atoms with Crippen molar-refractivity contribution in [2.24, 2.45) is 0 Å². The molecule has 0 radical (unpaired) electrons. The Morgan fingerprint density at radius 1 is 0.903 bits per heavy atom. The second-order valence-corrected chi connectivity index (χ2v) is 9.63. The molecule has 0 spiro atoms. The summed E-state index contributed by atoms with van der Waals surface area (Å²) < 4.78 is 2.35. The summed E-state index contributed by atoms with van der Waals surface area (Å²) in [6.45, 7) is 15.9. The van der Waals surface area contributed by atoms with E-state index < -0.39 is 0 Å². The number of nitrogens with zero attached hydrogens (tertiary/aromatic N) is 3. The van der Waals surface area contributed by atoms with Gasteiger partial charge in [-0.05, 0) is 54.0 Å². The van der Waals surface area contributed by atoms with Crippen molar-refractivity contribution in [1.82, 2.24) is 14.8 Å². The van der Waals surface area contributed by atoms with Crippen molar-refractivity contribution < 1.29 is 0 Å². The van der Waals surface area contributed by atoms with Crippen molar-refractivity contribution in [3.8, 4) is 17.1 Å². The second kappa shape index (κ2) is 9.80. The van der Waals surface area contributed by atoms with Crippen molar-refractivity contribution in [3.63, 3.8) is 0 Å². The molecule has 0 aliphatic carbocycles. The van der Waals surface area contributed by atoms with Gasteiger partial charge in [-0.25, -0.2) is 0 Å². The van der Waals surface area contributed by atoms with Gasteiger partial charge in [-0.15, -0.1) is 10.2 Å². The van der Waals surface area contributed by atoms with Crippen LogP contribution in [0.1, 0.15) is 96.2 Å². The number of aromatic nitrogens is 3. The molecule has 3 nitrogen and oxygen atoms in total. The fourth-order valence-electron chi connectivity index (χ4n) is 4.29. The van der Waals surface area contributed by atoms with E-state index in [2.05, 4.69) is 95.5 Å². The first kappa shape index (κ1) is 23.2. The Bertz CT molecular complexity index is 1010. The average molecular weight is 418 g/mol. The summed E-state index contributed by atoms with van der Waals surface area (Å²) in [6.07, 6.45) is 5.53. The molecule has 31 heavy (non-hydrogen) atoms. The average Bonchev–Trinajstić information content (AvgIpc) is 3.23. The maximum Gasteiger partial charge on any atom is 0.168 e. The molecular weight excluding hydrogens is 378 g/mol. The summed E-state index contributed by atoms with van der Waals surface area (Å²) >= 11 is 0. The lowest BCUT2D eigenvalue weighted by atomic mass is 9.85. The van der Waals surface area contributed by atoms with Crippen LogP contribution in [0.25, 0.3) is 17.1 Å². The van der Waals surface area contributed by atoms with Crippen LogP contribution in [0.5, 0.6) is 0 Å². The van der Waals surface area contributed by atoms with Crippen LogP contribution in [0.4, 0.5) is 0 Å². The smallest absolute Gasteiger partial charge is 0.168 e. The minimum atomic E-state index is -0.0543. The van der Waals surface area contributed by atoms with Crippen LogP contribution in [-0.4, -0.2) is 14.8 Å². The van der Waals surface area contributed by atoms with Gasteiger partial charge in [-0.2, -0.15) is 0 Å². The quantitative estimate of drug-likeness (QED) is 0.358. The van der Waals surface area contributed by atoms with Crippen molar-refractivity contribution in [1.29, 1.82) is 0 Å². The van der Waals surface area contributed by atoms with Crippen LogP contribution in [0.2, 0.25) is 0 Å². The van der Waals surface area contributed by atoms with Crippen LogP contribution in [0.15, 0.2) is 42.5 Å². The lowest BCUT2D eigenvalue weighted by molar-refractivity contribution is 0.425. The van der Waals surface area contributed by atoms with Gasteiger partial charge >= 0.3 is 0 Å². The number of unbranched alkanes of at least 4 members (excludes halogenated alkanes) is 1. The molecule has 0 amide bonds. The van der Waals surface area contributed by atoms with Gasteiger partial charge in [0.05, 0.1) is 5.69 Å². The van der Waals surface area contributed by atoms with Crippen LogP contribution in [-0.2, 0) is 18.3 Å². The van der Waals surface area contributed by atoms with Gasteiger partial charge in [0.15, 0.2) is 5.82 Å². The van der Waals surface area contributed by atoms with E-state index in [1.807, 2.05) is 0 Å². The minimum Gasteiger partial charge on any atom is -0.278 e. The van der Waals surface area contributed by atoms with Crippen molar-refractivity contribution in [2.45, 2.75) is 91.9 Å². The van der Waals surface area contributed by atoms with Crippen LogP contribution >= 0.6 is 0 Å². The van der Waals surface area contributed by atoms with Crippen LogP contribution in [0.3, 0.4) is 0 Å². The van der Waals surface area contributed by atoms with E-state index in [4.69, 9.17) is 10.2 Å². The first-order chi connectivity index (χ1) is 14.8. The summed E-state index contributed by atoms with van der Waals surface area (Å²) in [5, 5.41) is 9.57. The Labute approximate surface area is 188 Å². The largest absolute Gasteiger partial charge is 0.278 e. The Kier molecular flexibility index (Phi) is 7.35. The van der Waals surface area contributed by atoms with E-state index in [1.54, 1.807) is 0 Å². The molecule has 1 aromatic heterocycles. The zero-order valence-electron chi connectivity index (χ0n) is 20.5. The molecule has 0 N–H and O–H groups in total. The van der Waals surface area contributed by atoms with E-state index in [0.717, 1.165) is 36.5 Å². The molecule has 3 rings (SSSR count). The minimum absolute atomic E-state index is 0.0543. The number of hydrogen-bond acceptors (Lipinski definition) is 2. The van der Waals surface area contributed by atoms with E-state index in [-0.39, 0.29) is 5.41 Å². The van der Waals surface area contributed by atoms with Gasteiger partial charge in [-0.1, -0.05) is 91.6 Å². The van der Waals surface area contributed by atoms with Crippen molar-refractivity contribution >= 4 is 0 Å².